The van der Waals surface area contributed by atoms with E-state index in [-0.39, 0.29) is 5.69 Å². The molecule has 1 atom stereocenters. The first kappa shape index (κ1) is 11.3. The SMILES string of the molecule is Cn1cc([N+](=O)[O-])c(NCC2CCCS2)n1. The van der Waals surface area contributed by atoms with Crippen LogP contribution in [-0.2, 0) is 7.05 Å². The zero-order valence-corrected chi connectivity index (χ0v) is 9.87. The second-order valence-corrected chi connectivity index (χ2v) is 5.22. The van der Waals surface area contributed by atoms with Crippen LogP contribution in [-0.4, -0.2) is 32.3 Å². The van der Waals surface area contributed by atoms with Gasteiger partial charge in [-0.2, -0.15) is 11.8 Å². The molecular weight excluding hydrogens is 228 g/mol. The van der Waals surface area contributed by atoms with Crippen molar-refractivity contribution >= 4 is 23.3 Å². The van der Waals surface area contributed by atoms with Gasteiger partial charge in [-0.3, -0.25) is 14.8 Å². The number of rotatable bonds is 4. The van der Waals surface area contributed by atoms with Crippen LogP contribution in [0, 0.1) is 10.1 Å². The van der Waals surface area contributed by atoms with Gasteiger partial charge in [-0.05, 0) is 18.6 Å². The van der Waals surface area contributed by atoms with Crippen LogP contribution in [0.25, 0.3) is 0 Å². The molecule has 1 N–H and O–H groups in total. The highest BCUT2D eigenvalue weighted by Gasteiger charge is 2.21. The Morgan fingerprint density at radius 3 is 3.25 bits per heavy atom. The molecule has 0 saturated carbocycles. The van der Waals surface area contributed by atoms with Gasteiger partial charge in [0.25, 0.3) is 0 Å². The minimum atomic E-state index is -0.406. The molecule has 0 amide bonds. The first-order valence-corrected chi connectivity index (χ1v) is 6.25. The molecule has 1 aromatic rings. The topological polar surface area (TPSA) is 73.0 Å². The maximum absolute atomic E-state index is 10.7. The van der Waals surface area contributed by atoms with E-state index in [1.54, 1.807) is 7.05 Å². The summed E-state index contributed by atoms with van der Waals surface area (Å²) in [7, 11) is 1.68. The quantitative estimate of drug-likeness (QED) is 0.641. The van der Waals surface area contributed by atoms with Gasteiger partial charge in [-0.15, -0.1) is 5.10 Å². The minimum absolute atomic E-state index is 0.0468. The minimum Gasteiger partial charge on any atom is -0.362 e. The molecule has 1 aliphatic heterocycles. The van der Waals surface area contributed by atoms with Gasteiger partial charge >= 0.3 is 5.69 Å². The van der Waals surface area contributed by atoms with Gasteiger partial charge in [-0.25, -0.2) is 0 Å². The zero-order chi connectivity index (χ0) is 11.5. The normalized spacial score (nSPS) is 19.9. The summed E-state index contributed by atoms with van der Waals surface area (Å²) in [6, 6.07) is 0. The highest BCUT2D eigenvalue weighted by Crippen LogP contribution is 2.27. The molecule has 0 aromatic carbocycles. The van der Waals surface area contributed by atoms with Crippen LogP contribution >= 0.6 is 11.8 Å². The summed E-state index contributed by atoms with van der Waals surface area (Å²) in [4.78, 5) is 10.3. The van der Waals surface area contributed by atoms with Gasteiger partial charge in [0.05, 0.1) is 4.92 Å². The number of nitrogens with one attached hydrogen (secondary N) is 1. The Bertz CT molecular complexity index is 387. The summed E-state index contributed by atoms with van der Waals surface area (Å²) in [6.07, 6.45) is 3.84. The number of thioether (sulfide) groups is 1. The van der Waals surface area contributed by atoms with E-state index < -0.39 is 4.92 Å². The Balaban J connectivity index is 1.99. The van der Waals surface area contributed by atoms with Crippen molar-refractivity contribution in [1.29, 1.82) is 0 Å². The fourth-order valence-electron chi connectivity index (χ4n) is 1.75. The maximum atomic E-state index is 10.7. The number of nitrogens with zero attached hydrogens (tertiary/aromatic N) is 3. The lowest BCUT2D eigenvalue weighted by Gasteiger charge is -2.08. The lowest BCUT2D eigenvalue weighted by Crippen LogP contribution is -2.14. The second kappa shape index (κ2) is 4.73. The molecule has 0 bridgehead atoms. The van der Waals surface area contributed by atoms with Crippen LogP contribution in [0.2, 0.25) is 0 Å². The van der Waals surface area contributed by atoms with E-state index in [0.717, 1.165) is 6.54 Å². The summed E-state index contributed by atoms with van der Waals surface area (Å²) in [5.74, 6) is 1.57. The van der Waals surface area contributed by atoms with Crippen molar-refractivity contribution in [3.8, 4) is 0 Å². The molecule has 16 heavy (non-hydrogen) atoms. The van der Waals surface area contributed by atoms with Gasteiger partial charge in [0, 0.05) is 18.8 Å². The van der Waals surface area contributed by atoms with Crippen molar-refractivity contribution in [2.45, 2.75) is 18.1 Å². The molecule has 0 spiro atoms. The Kier molecular flexibility index (Phi) is 3.33. The highest BCUT2D eigenvalue weighted by molar-refractivity contribution is 8.00. The zero-order valence-electron chi connectivity index (χ0n) is 9.05. The van der Waals surface area contributed by atoms with Gasteiger partial charge in [0.2, 0.25) is 5.82 Å². The number of hydrogen-bond donors (Lipinski definition) is 1. The number of aryl methyl sites for hydroxylation is 1. The summed E-state index contributed by atoms with van der Waals surface area (Å²) in [5, 5.41) is 18.4. The third kappa shape index (κ3) is 2.46. The molecule has 1 fully saturated rings. The fourth-order valence-corrected chi connectivity index (χ4v) is 2.95. The summed E-state index contributed by atoms with van der Waals surface area (Å²) in [6.45, 7) is 0.752. The molecule has 1 aromatic heterocycles. The van der Waals surface area contributed by atoms with Gasteiger partial charge in [0.15, 0.2) is 0 Å². The summed E-state index contributed by atoms with van der Waals surface area (Å²) in [5.41, 5.74) is 0.0468. The third-order valence-corrected chi connectivity index (χ3v) is 3.93. The molecule has 1 aliphatic rings. The van der Waals surface area contributed by atoms with Crippen molar-refractivity contribution in [1.82, 2.24) is 9.78 Å². The van der Waals surface area contributed by atoms with E-state index in [2.05, 4.69) is 10.4 Å². The van der Waals surface area contributed by atoms with E-state index in [9.17, 15) is 10.1 Å². The van der Waals surface area contributed by atoms with E-state index in [1.165, 1.54) is 29.5 Å². The standard InChI is InChI=1S/C9H14N4O2S/c1-12-6-8(13(14)15)9(11-12)10-5-7-3-2-4-16-7/h6-7H,2-5H2,1H3,(H,10,11). The Morgan fingerprint density at radius 2 is 2.62 bits per heavy atom. The molecule has 0 aliphatic carbocycles. The lowest BCUT2D eigenvalue weighted by molar-refractivity contribution is -0.384. The lowest BCUT2D eigenvalue weighted by atomic mass is 10.2. The first-order valence-electron chi connectivity index (χ1n) is 5.20. The number of anilines is 1. The monoisotopic (exact) mass is 242 g/mol. The molecule has 1 saturated heterocycles. The van der Waals surface area contributed by atoms with E-state index in [0.29, 0.717) is 11.1 Å². The van der Waals surface area contributed by atoms with Crippen LogP contribution in [0.3, 0.4) is 0 Å². The van der Waals surface area contributed by atoms with E-state index in [4.69, 9.17) is 0 Å². The number of hydrogen-bond acceptors (Lipinski definition) is 5. The highest BCUT2D eigenvalue weighted by atomic mass is 32.2. The summed E-state index contributed by atoms with van der Waals surface area (Å²) < 4.78 is 1.46. The second-order valence-electron chi connectivity index (χ2n) is 3.81. The smallest absolute Gasteiger partial charge is 0.330 e. The van der Waals surface area contributed by atoms with Crippen molar-refractivity contribution in [2.24, 2.45) is 7.05 Å². The van der Waals surface area contributed by atoms with Gasteiger partial charge < -0.3 is 5.32 Å². The first-order chi connectivity index (χ1) is 7.66. The van der Waals surface area contributed by atoms with Gasteiger partial charge in [0.1, 0.15) is 6.20 Å². The molecule has 0 radical (unpaired) electrons. The van der Waals surface area contributed by atoms with Crippen molar-refractivity contribution in [3.63, 3.8) is 0 Å². The van der Waals surface area contributed by atoms with Crippen molar-refractivity contribution < 1.29 is 4.92 Å². The Morgan fingerprint density at radius 1 is 1.81 bits per heavy atom. The molecule has 2 rings (SSSR count). The Labute approximate surface area is 97.5 Å². The average molecular weight is 242 g/mol. The number of nitro groups is 1. The summed E-state index contributed by atoms with van der Waals surface area (Å²) >= 11 is 1.92. The maximum Gasteiger partial charge on any atom is 0.330 e. The van der Waals surface area contributed by atoms with Crippen molar-refractivity contribution in [3.05, 3.63) is 16.3 Å². The third-order valence-electron chi connectivity index (χ3n) is 2.53. The fraction of sp³-hybridized carbons (Fsp3) is 0.667. The van der Waals surface area contributed by atoms with Crippen LogP contribution in [0.4, 0.5) is 11.5 Å². The molecular formula is C9H14N4O2S. The molecule has 2 heterocycles. The van der Waals surface area contributed by atoms with Crippen LogP contribution in [0.15, 0.2) is 6.20 Å². The van der Waals surface area contributed by atoms with Gasteiger partial charge in [-0.1, -0.05) is 0 Å². The Hall–Kier alpha value is -1.24. The van der Waals surface area contributed by atoms with Crippen LogP contribution < -0.4 is 5.32 Å². The predicted molar refractivity (Wildman–Crippen MR) is 63.8 cm³/mol. The van der Waals surface area contributed by atoms with E-state index in [1.807, 2.05) is 11.8 Å². The van der Waals surface area contributed by atoms with E-state index >= 15 is 0 Å². The number of aromatic nitrogens is 2. The van der Waals surface area contributed by atoms with Crippen LogP contribution in [0.5, 0.6) is 0 Å². The average Bonchev–Trinajstić information content (AvgIpc) is 2.83. The molecule has 7 heteroatoms. The molecule has 6 nitrogen and oxygen atoms in total. The molecule has 88 valence electrons. The van der Waals surface area contributed by atoms with Crippen LogP contribution in [0.1, 0.15) is 12.8 Å². The molecule has 1 unspecified atom stereocenters. The predicted octanol–water partition coefficient (Wildman–Crippen LogP) is 1.64. The largest absolute Gasteiger partial charge is 0.362 e. The van der Waals surface area contributed by atoms with Crippen molar-refractivity contribution in [2.75, 3.05) is 17.6 Å².